The summed E-state index contributed by atoms with van der Waals surface area (Å²) in [5, 5.41) is 6.51. The highest BCUT2D eigenvalue weighted by Gasteiger charge is 2.38. The van der Waals surface area contributed by atoms with Crippen LogP contribution in [0.1, 0.15) is 56.2 Å². The lowest BCUT2D eigenvalue weighted by Crippen LogP contribution is -2.43. The molecule has 0 aromatic heterocycles. The molecular weight excluding hydrogens is 279 g/mol. The van der Waals surface area contributed by atoms with Gasteiger partial charge in [0.15, 0.2) is 0 Å². The number of carbonyl (C=O) groups excluding carboxylic acids is 1. The molecule has 120 valence electrons. The van der Waals surface area contributed by atoms with E-state index in [1.54, 1.807) is 13.0 Å². The molecule has 2 aliphatic rings. The minimum atomic E-state index is -0.219. The highest BCUT2D eigenvalue weighted by molar-refractivity contribution is 5.82. The van der Waals surface area contributed by atoms with Gasteiger partial charge in [-0.05, 0) is 56.2 Å². The van der Waals surface area contributed by atoms with Crippen LogP contribution in [0.2, 0.25) is 0 Å². The van der Waals surface area contributed by atoms with Gasteiger partial charge in [-0.3, -0.25) is 4.79 Å². The smallest absolute Gasteiger partial charge is 0.237 e. The molecule has 1 aromatic rings. The number of halogens is 1. The van der Waals surface area contributed by atoms with E-state index in [0.29, 0.717) is 17.5 Å². The maximum atomic E-state index is 13.7. The number of rotatable bonds is 3. The fraction of sp³-hybridized carbons (Fsp3) is 0.611. The SMILES string of the molecule is Cc1ccc(C(C)NC(=O)C2CC3CCCCC3N2)cc1F. The van der Waals surface area contributed by atoms with Crippen molar-refractivity contribution in [3.05, 3.63) is 35.1 Å². The van der Waals surface area contributed by atoms with Gasteiger partial charge < -0.3 is 10.6 Å². The van der Waals surface area contributed by atoms with Crippen LogP contribution in [-0.4, -0.2) is 18.0 Å². The Balaban J connectivity index is 1.60. The molecule has 1 saturated carbocycles. The average Bonchev–Trinajstić information content (AvgIpc) is 2.94. The van der Waals surface area contributed by atoms with E-state index in [9.17, 15) is 9.18 Å². The van der Waals surface area contributed by atoms with Crippen molar-refractivity contribution in [2.24, 2.45) is 5.92 Å². The molecule has 0 radical (unpaired) electrons. The van der Waals surface area contributed by atoms with E-state index in [1.165, 1.54) is 31.7 Å². The molecule has 3 nitrogen and oxygen atoms in total. The number of nitrogens with one attached hydrogen (secondary N) is 2. The molecule has 4 atom stereocenters. The standard InChI is InChI=1S/C18H25FN2O/c1-11-7-8-13(9-15(11)19)12(2)20-18(22)17-10-14-5-3-4-6-16(14)21-17/h7-9,12,14,16-17,21H,3-6,10H2,1-2H3,(H,20,22). The number of amides is 1. The van der Waals surface area contributed by atoms with E-state index in [-0.39, 0.29) is 23.8 Å². The molecule has 1 saturated heterocycles. The van der Waals surface area contributed by atoms with E-state index in [1.807, 2.05) is 13.0 Å². The van der Waals surface area contributed by atoms with E-state index >= 15 is 0 Å². The number of hydrogen-bond donors (Lipinski definition) is 2. The molecule has 1 aliphatic heterocycles. The van der Waals surface area contributed by atoms with Crippen molar-refractivity contribution in [1.29, 1.82) is 0 Å². The predicted molar refractivity (Wildman–Crippen MR) is 85.0 cm³/mol. The minimum absolute atomic E-state index is 0.0443. The number of fused-ring (bicyclic) bond motifs is 1. The summed E-state index contributed by atoms with van der Waals surface area (Å²) in [6, 6.07) is 5.40. The van der Waals surface area contributed by atoms with Gasteiger partial charge in [0.2, 0.25) is 5.91 Å². The van der Waals surface area contributed by atoms with Crippen molar-refractivity contribution < 1.29 is 9.18 Å². The van der Waals surface area contributed by atoms with Crippen LogP contribution in [-0.2, 0) is 4.79 Å². The largest absolute Gasteiger partial charge is 0.348 e. The lowest BCUT2D eigenvalue weighted by Gasteiger charge is -2.24. The first kappa shape index (κ1) is 15.5. The fourth-order valence-electron chi connectivity index (χ4n) is 3.80. The van der Waals surface area contributed by atoms with Gasteiger partial charge in [-0.15, -0.1) is 0 Å². The van der Waals surface area contributed by atoms with Gasteiger partial charge in [0.05, 0.1) is 12.1 Å². The van der Waals surface area contributed by atoms with Gasteiger partial charge in [0.1, 0.15) is 5.82 Å². The molecule has 1 aliphatic carbocycles. The van der Waals surface area contributed by atoms with Gasteiger partial charge in [0.25, 0.3) is 0 Å². The average molecular weight is 304 g/mol. The Kier molecular flexibility index (Phi) is 4.48. The Morgan fingerprint density at radius 2 is 2.14 bits per heavy atom. The summed E-state index contributed by atoms with van der Waals surface area (Å²) < 4.78 is 13.7. The Morgan fingerprint density at radius 1 is 1.36 bits per heavy atom. The zero-order valence-electron chi connectivity index (χ0n) is 13.4. The lowest BCUT2D eigenvalue weighted by atomic mass is 9.85. The molecule has 4 heteroatoms. The second-order valence-electron chi connectivity index (χ2n) is 6.84. The van der Waals surface area contributed by atoms with E-state index in [4.69, 9.17) is 0 Å². The van der Waals surface area contributed by atoms with Gasteiger partial charge in [-0.2, -0.15) is 0 Å². The van der Waals surface area contributed by atoms with E-state index < -0.39 is 0 Å². The first-order chi connectivity index (χ1) is 10.5. The van der Waals surface area contributed by atoms with Crippen molar-refractivity contribution in [2.45, 2.75) is 64.1 Å². The monoisotopic (exact) mass is 304 g/mol. The van der Waals surface area contributed by atoms with Gasteiger partial charge in [-0.25, -0.2) is 4.39 Å². The quantitative estimate of drug-likeness (QED) is 0.900. The molecule has 1 amide bonds. The molecule has 0 bridgehead atoms. The van der Waals surface area contributed by atoms with Crippen LogP contribution < -0.4 is 10.6 Å². The third-order valence-electron chi connectivity index (χ3n) is 5.23. The van der Waals surface area contributed by atoms with E-state index in [2.05, 4.69) is 10.6 Å². The molecule has 0 spiro atoms. The van der Waals surface area contributed by atoms with Crippen LogP contribution in [0.25, 0.3) is 0 Å². The molecule has 2 fully saturated rings. The van der Waals surface area contributed by atoms with Crippen LogP contribution in [0.5, 0.6) is 0 Å². The molecule has 1 heterocycles. The lowest BCUT2D eigenvalue weighted by molar-refractivity contribution is -0.123. The predicted octanol–water partition coefficient (Wildman–Crippen LogP) is 3.23. The maximum Gasteiger partial charge on any atom is 0.237 e. The summed E-state index contributed by atoms with van der Waals surface area (Å²) >= 11 is 0. The second kappa shape index (κ2) is 6.37. The summed E-state index contributed by atoms with van der Waals surface area (Å²) in [5.41, 5.74) is 1.44. The van der Waals surface area contributed by atoms with Crippen molar-refractivity contribution in [3.63, 3.8) is 0 Å². The molecular formula is C18H25FN2O. The minimum Gasteiger partial charge on any atom is -0.348 e. The van der Waals surface area contributed by atoms with Gasteiger partial charge in [0, 0.05) is 6.04 Å². The van der Waals surface area contributed by atoms with Crippen LogP contribution in [0, 0.1) is 18.7 Å². The zero-order valence-corrected chi connectivity index (χ0v) is 13.4. The fourth-order valence-corrected chi connectivity index (χ4v) is 3.80. The summed E-state index contributed by atoms with van der Waals surface area (Å²) in [6.07, 6.45) is 5.91. The van der Waals surface area contributed by atoms with Crippen molar-refractivity contribution in [3.8, 4) is 0 Å². The van der Waals surface area contributed by atoms with Gasteiger partial charge in [-0.1, -0.05) is 25.0 Å². The third-order valence-corrected chi connectivity index (χ3v) is 5.23. The number of benzene rings is 1. The normalized spacial score (nSPS) is 29.0. The second-order valence-corrected chi connectivity index (χ2v) is 6.84. The molecule has 4 unspecified atom stereocenters. The van der Waals surface area contributed by atoms with Crippen LogP contribution in [0.4, 0.5) is 4.39 Å². The Labute approximate surface area is 131 Å². The van der Waals surface area contributed by atoms with E-state index in [0.717, 1.165) is 12.0 Å². The number of hydrogen-bond acceptors (Lipinski definition) is 2. The summed E-state index contributed by atoms with van der Waals surface area (Å²) in [4.78, 5) is 12.5. The Bertz CT molecular complexity index is 546. The Hall–Kier alpha value is -1.42. The van der Waals surface area contributed by atoms with Crippen LogP contribution >= 0.6 is 0 Å². The number of carbonyl (C=O) groups is 1. The van der Waals surface area contributed by atoms with Crippen LogP contribution in [0.3, 0.4) is 0 Å². The van der Waals surface area contributed by atoms with Gasteiger partial charge >= 0.3 is 0 Å². The zero-order chi connectivity index (χ0) is 15.7. The summed E-state index contributed by atoms with van der Waals surface area (Å²) in [7, 11) is 0. The number of aryl methyl sites for hydroxylation is 1. The molecule has 1 aromatic carbocycles. The molecule has 22 heavy (non-hydrogen) atoms. The molecule has 2 N–H and O–H groups in total. The van der Waals surface area contributed by atoms with Crippen molar-refractivity contribution in [1.82, 2.24) is 10.6 Å². The maximum absolute atomic E-state index is 13.7. The molecule has 3 rings (SSSR count). The van der Waals surface area contributed by atoms with Crippen LogP contribution in [0.15, 0.2) is 18.2 Å². The Morgan fingerprint density at radius 3 is 2.86 bits per heavy atom. The van der Waals surface area contributed by atoms with Crippen molar-refractivity contribution in [2.75, 3.05) is 0 Å². The topological polar surface area (TPSA) is 41.1 Å². The first-order valence-corrected chi connectivity index (χ1v) is 8.37. The summed E-state index contributed by atoms with van der Waals surface area (Å²) in [6.45, 7) is 3.65. The highest BCUT2D eigenvalue weighted by Crippen LogP contribution is 2.33. The first-order valence-electron chi connectivity index (χ1n) is 8.37. The highest BCUT2D eigenvalue weighted by atomic mass is 19.1. The van der Waals surface area contributed by atoms with Crippen molar-refractivity contribution >= 4 is 5.91 Å². The summed E-state index contributed by atoms with van der Waals surface area (Å²) in [5.74, 6) is 0.475. The third kappa shape index (κ3) is 3.17.